The predicted octanol–water partition coefficient (Wildman–Crippen LogP) is 3.06. The average Bonchev–Trinajstić information content (AvgIpc) is 2.54. The Balaban J connectivity index is 2.11. The molecule has 0 saturated carbocycles. The number of pyridine rings is 1. The Morgan fingerprint density at radius 3 is 2.70 bits per heavy atom. The molecule has 0 unspecified atom stereocenters. The van der Waals surface area contributed by atoms with E-state index in [-0.39, 0.29) is 5.69 Å². The van der Waals surface area contributed by atoms with Crippen molar-refractivity contribution in [3.63, 3.8) is 0 Å². The Bertz CT molecular complexity index is 734. The molecule has 8 nitrogen and oxygen atoms in total. The third-order valence-electron chi connectivity index (χ3n) is 2.81. The van der Waals surface area contributed by atoms with E-state index in [1.165, 1.54) is 12.1 Å². The first-order valence-corrected chi connectivity index (χ1v) is 7.44. The third kappa shape index (κ3) is 4.28. The van der Waals surface area contributed by atoms with Gasteiger partial charge in [0, 0.05) is 6.07 Å². The first-order chi connectivity index (χ1) is 11.0. The van der Waals surface area contributed by atoms with Gasteiger partial charge in [0.1, 0.15) is 12.0 Å². The summed E-state index contributed by atoms with van der Waals surface area (Å²) in [5.41, 5.74) is 3.44. The molecule has 120 valence electrons. The maximum atomic E-state index is 10.5. The second kappa shape index (κ2) is 7.72. The van der Waals surface area contributed by atoms with Crippen LogP contribution in [0.25, 0.3) is 0 Å². The van der Waals surface area contributed by atoms with Crippen LogP contribution in [0.1, 0.15) is 5.56 Å². The van der Waals surface area contributed by atoms with Crippen molar-refractivity contribution in [2.24, 2.45) is 5.10 Å². The van der Waals surface area contributed by atoms with E-state index in [2.05, 4.69) is 38.1 Å². The molecule has 2 aromatic rings. The van der Waals surface area contributed by atoms with E-state index in [1.54, 1.807) is 26.5 Å². The second-order valence-electron chi connectivity index (χ2n) is 4.27. The highest BCUT2D eigenvalue weighted by Gasteiger charge is 2.09. The maximum Gasteiger partial charge on any atom is 0.287 e. The van der Waals surface area contributed by atoms with Crippen molar-refractivity contribution in [1.29, 1.82) is 0 Å². The van der Waals surface area contributed by atoms with Gasteiger partial charge < -0.3 is 9.47 Å². The number of hydrogen-bond acceptors (Lipinski definition) is 7. The van der Waals surface area contributed by atoms with Gasteiger partial charge in [-0.2, -0.15) is 5.10 Å². The molecule has 0 aliphatic rings. The molecule has 0 radical (unpaired) electrons. The van der Waals surface area contributed by atoms with Crippen LogP contribution >= 0.6 is 22.6 Å². The number of nitro groups is 1. The molecule has 1 N–H and O–H groups in total. The van der Waals surface area contributed by atoms with Crippen LogP contribution in [0.3, 0.4) is 0 Å². The molecular formula is C14H13IN4O4. The van der Waals surface area contributed by atoms with Gasteiger partial charge in [0.05, 0.1) is 28.9 Å². The molecule has 0 bridgehead atoms. The van der Waals surface area contributed by atoms with Gasteiger partial charge in [0.2, 0.25) is 0 Å². The number of nitrogens with zero attached hydrogens (tertiary/aromatic N) is 3. The number of hydrazone groups is 1. The minimum Gasteiger partial charge on any atom is -0.493 e. The number of rotatable bonds is 6. The van der Waals surface area contributed by atoms with Gasteiger partial charge in [-0.15, -0.1) is 0 Å². The van der Waals surface area contributed by atoms with Crippen molar-refractivity contribution in [3.8, 4) is 11.5 Å². The molecule has 2 rings (SSSR count). The van der Waals surface area contributed by atoms with E-state index in [1.807, 2.05) is 6.07 Å². The lowest BCUT2D eigenvalue weighted by Gasteiger charge is -2.10. The van der Waals surface area contributed by atoms with E-state index in [0.717, 1.165) is 15.3 Å². The molecule has 0 atom stereocenters. The van der Waals surface area contributed by atoms with Crippen LogP contribution in [0.2, 0.25) is 0 Å². The fraction of sp³-hybridized carbons (Fsp3) is 0.143. The monoisotopic (exact) mass is 428 g/mol. The first kappa shape index (κ1) is 16.9. The van der Waals surface area contributed by atoms with Crippen LogP contribution in [0.15, 0.2) is 35.6 Å². The molecule has 0 fully saturated rings. The van der Waals surface area contributed by atoms with E-state index in [4.69, 9.17) is 9.47 Å². The maximum absolute atomic E-state index is 10.5. The Labute approximate surface area is 145 Å². The number of nitrogens with one attached hydrogen (secondary N) is 1. The van der Waals surface area contributed by atoms with Crippen molar-refractivity contribution >= 4 is 40.3 Å². The number of halogens is 1. The lowest BCUT2D eigenvalue weighted by Crippen LogP contribution is -1.97. The van der Waals surface area contributed by atoms with Gasteiger partial charge in [-0.25, -0.2) is 4.98 Å². The molecule has 0 saturated heterocycles. The van der Waals surface area contributed by atoms with E-state index < -0.39 is 4.92 Å². The van der Waals surface area contributed by atoms with Crippen LogP contribution in [-0.2, 0) is 0 Å². The molecule has 0 amide bonds. The van der Waals surface area contributed by atoms with Crippen LogP contribution < -0.4 is 14.9 Å². The zero-order valence-electron chi connectivity index (χ0n) is 12.3. The zero-order valence-corrected chi connectivity index (χ0v) is 14.5. The largest absolute Gasteiger partial charge is 0.493 e. The summed E-state index contributed by atoms with van der Waals surface area (Å²) in [7, 11) is 3.14. The van der Waals surface area contributed by atoms with Crippen molar-refractivity contribution in [1.82, 2.24) is 4.98 Å². The molecule has 0 aliphatic carbocycles. The number of benzene rings is 1. The number of hydrogen-bond donors (Lipinski definition) is 1. The molecular weight excluding hydrogens is 415 g/mol. The van der Waals surface area contributed by atoms with E-state index >= 15 is 0 Å². The Kier molecular flexibility index (Phi) is 5.68. The summed E-state index contributed by atoms with van der Waals surface area (Å²) in [5.74, 6) is 1.67. The molecule has 0 spiro atoms. The lowest BCUT2D eigenvalue weighted by molar-refractivity contribution is -0.385. The summed E-state index contributed by atoms with van der Waals surface area (Å²) < 4.78 is 11.4. The van der Waals surface area contributed by atoms with Gasteiger partial charge >= 0.3 is 0 Å². The summed E-state index contributed by atoms with van der Waals surface area (Å²) in [6, 6.07) is 6.50. The molecule has 23 heavy (non-hydrogen) atoms. The highest BCUT2D eigenvalue weighted by atomic mass is 127. The number of anilines is 1. The quantitative estimate of drug-likeness (QED) is 0.329. The Morgan fingerprint density at radius 2 is 2.13 bits per heavy atom. The molecule has 1 aromatic heterocycles. The Hall–Kier alpha value is -2.43. The van der Waals surface area contributed by atoms with Crippen molar-refractivity contribution in [3.05, 3.63) is 49.7 Å². The summed E-state index contributed by atoms with van der Waals surface area (Å²) in [6.45, 7) is 0. The fourth-order valence-corrected chi connectivity index (χ4v) is 2.59. The van der Waals surface area contributed by atoms with Gasteiger partial charge in [-0.05, 0) is 46.4 Å². The minimum absolute atomic E-state index is 0.0750. The first-order valence-electron chi connectivity index (χ1n) is 6.36. The van der Waals surface area contributed by atoms with Gasteiger partial charge in [0.15, 0.2) is 11.5 Å². The highest BCUT2D eigenvalue weighted by molar-refractivity contribution is 14.1. The summed E-state index contributed by atoms with van der Waals surface area (Å²) in [5, 5.41) is 14.6. The van der Waals surface area contributed by atoms with Crippen LogP contribution in [0.4, 0.5) is 11.5 Å². The van der Waals surface area contributed by atoms with Crippen molar-refractivity contribution in [2.75, 3.05) is 19.6 Å². The van der Waals surface area contributed by atoms with E-state index in [9.17, 15) is 10.1 Å². The normalized spacial score (nSPS) is 10.6. The second-order valence-corrected chi connectivity index (χ2v) is 5.43. The standard InChI is InChI=1S/C14H13IN4O4/c1-22-12-6-9(5-11(15)14(12)23-2)7-17-18-13-4-3-10(8-16-13)19(20)21/h3-8H,1-2H3,(H,16,18)/b17-7-. The Morgan fingerprint density at radius 1 is 1.35 bits per heavy atom. The lowest BCUT2D eigenvalue weighted by atomic mass is 10.2. The topological polar surface area (TPSA) is 98.9 Å². The SMILES string of the molecule is COc1cc(/C=N\Nc2ccc([N+](=O)[O-])cn2)cc(I)c1OC. The summed E-state index contributed by atoms with van der Waals surface area (Å²) in [4.78, 5) is 13.9. The van der Waals surface area contributed by atoms with Crippen molar-refractivity contribution < 1.29 is 14.4 Å². The highest BCUT2D eigenvalue weighted by Crippen LogP contribution is 2.33. The number of ether oxygens (including phenoxy) is 2. The van der Waals surface area contributed by atoms with Crippen LogP contribution in [0, 0.1) is 13.7 Å². The number of methoxy groups -OCH3 is 2. The molecule has 0 aliphatic heterocycles. The van der Waals surface area contributed by atoms with Gasteiger partial charge in [-0.1, -0.05) is 0 Å². The average molecular weight is 428 g/mol. The molecule has 9 heteroatoms. The van der Waals surface area contributed by atoms with Crippen LogP contribution in [-0.4, -0.2) is 30.3 Å². The van der Waals surface area contributed by atoms with E-state index in [0.29, 0.717) is 17.3 Å². The summed E-state index contributed by atoms with van der Waals surface area (Å²) >= 11 is 2.14. The van der Waals surface area contributed by atoms with Crippen LogP contribution in [0.5, 0.6) is 11.5 Å². The van der Waals surface area contributed by atoms with Gasteiger partial charge in [0.25, 0.3) is 5.69 Å². The number of aromatic nitrogens is 1. The third-order valence-corrected chi connectivity index (χ3v) is 3.61. The summed E-state index contributed by atoms with van der Waals surface area (Å²) in [6.07, 6.45) is 2.75. The van der Waals surface area contributed by atoms with Gasteiger partial charge in [-0.3, -0.25) is 15.5 Å². The fourth-order valence-electron chi connectivity index (χ4n) is 1.75. The molecule has 1 heterocycles. The predicted molar refractivity (Wildman–Crippen MR) is 94.4 cm³/mol. The molecule has 1 aromatic carbocycles. The minimum atomic E-state index is -0.508. The smallest absolute Gasteiger partial charge is 0.287 e. The zero-order chi connectivity index (χ0) is 16.8. The van der Waals surface area contributed by atoms with Crippen molar-refractivity contribution in [2.45, 2.75) is 0 Å².